The van der Waals surface area contributed by atoms with Crippen LogP contribution in [0.4, 0.5) is 0 Å². The van der Waals surface area contributed by atoms with Gasteiger partial charge in [-0.15, -0.1) is 0 Å². The number of hydrogen-bond donors (Lipinski definition) is 1. The first-order valence-electron chi connectivity index (χ1n) is 5.74. The molecule has 1 heterocycles. The van der Waals surface area contributed by atoms with Gasteiger partial charge in [-0.3, -0.25) is 0 Å². The van der Waals surface area contributed by atoms with E-state index in [-0.39, 0.29) is 0 Å². The van der Waals surface area contributed by atoms with E-state index in [1.165, 1.54) is 0 Å². The van der Waals surface area contributed by atoms with Gasteiger partial charge in [0.05, 0.1) is 5.52 Å². The largest absolute Gasteiger partial charge is 0.478 e. The molecule has 4 heteroatoms. The molecule has 2 rings (SSSR count). The Labute approximate surface area is 110 Å². The van der Waals surface area contributed by atoms with Crippen molar-refractivity contribution in [2.45, 2.75) is 20.4 Å². The lowest BCUT2D eigenvalue weighted by Gasteiger charge is -2.02. The first-order valence-corrected chi connectivity index (χ1v) is 6.11. The minimum Gasteiger partial charge on any atom is -0.478 e. The van der Waals surface area contributed by atoms with Crippen molar-refractivity contribution in [1.82, 2.24) is 4.57 Å². The maximum absolute atomic E-state index is 10.6. The van der Waals surface area contributed by atoms with Crippen molar-refractivity contribution < 1.29 is 9.90 Å². The molecule has 0 aliphatic rings. The number of aromatic nitrogens is 1. The van der Waals surface area contributed by atoms with Gasteiger partial charge in [0.15, 0.2) is 0 Å². The summed E-state index contributed by atoms with van der Waals surface area (Å²) in [5, 5.41) is 10.3. The Morgan fingerprint density at radius 1 is 1.50 bits per heavy atom. The van der Waals surface area contributed by atoms with Gasteiger partial charge in [0.1, 0.15) is 5.15 Å². The van der Waals surface area contributed by atoms with E-state index in [9.17, 15) is 4.79 Å². The minimum absolute atomic E-state index is 0.579. The third-order valence-corrected chi connectivity index (χ3v) is 3.31. The number of carboxylic acids is 1. The molecular formula is C14H14ClNO2. The van der Waals surface area contributed by atoms with Gasteiger partial charge < -0.3 is 9.67 Å². The van der Waals surface area contributed by atoms with Gasteiger partial charge in [-0.2, -0.15) is 0 Å². The van der Waals surface area contributed by atoms with E-state index in [1.807, 2.05) is 30.5 Å². The van der Waals surface area contributed by atoms with Gasteiger partial charge in [0, 0.05) is 23.6 Å². The molecule has 1 aromatic heterocycles. The van der Waals surface area contributed by atoms with Gasteiger partial charge in [0.25, 0.3) is 0 Å². The second-order valence-electron chi connectivity index (χ2n) is 4.14. The number of fused-ring (bicyclic) bond motifs is 1. The average molecular weight is 264 g/mol. The molecule has 0 atom stereocenters. The van der Waals surface area contributed by atoms with Crippen LogP contribution in [0.1, 0.15) is 18.1 Å². The summed E-state index contributed by atoms with van der Waals surface area (Å²) in [7, 11) is 0. The van der Waals surface area contributed by atoms with E-state index in [1.54, 1.807) is 6.08 Å². The zero-order valence-electron chi connectivity index (χ0n) is 10.3. The van der Waals surface area contributed by atoms with Crippen LogP contribution in [-0.2, 0) is 11.3 Å². The average Bonchev–Trinajstić information content (AvgIpc) is 2.57. The van der Waals surface area contributed by atoms with E-state index in [0.29, 0.717) is 5.15 Å². The molecule has 2 aromatic rings. The summed E-state index contributed by atoms with van der Waals surface area (Å²) in [5.41, 5.74) is 2.95. The van der Waals surface area contributed by atoms with Gasteiger partial charge in [-0.1, -0.05) is 23.7 Å². The summed E-state index contributed by atoms with van der Waals surface area (Å²) < 4.78 is 1.98. The molecule has 0 aliphatic heterocycles. The van der Waals surface area contributed by atoms with Crippen LogP contribution in [0.15, 0.2) is 24.3 Å². The summed E-state index contributed by atoms with van der Waals surface area (Å²) in [6, 6.07) is 6.03. The number of aliphatic carboxylic acids is 1. The second-order valence-corrected chi connectivity index (χ2v) is 4.50. The maximum atomic E-state index is 10.6. The number of carbonyl (C=O) groups is 1. The number of halogens is 1. The predicted molar refractivity (Wildman–Crippen MR) is 74.0 cm³/mol. The van der Waals surface area contributed by atoms with Gasteiger partial charge >= 0.3 is 5.97 Å². The summed E-state index contributed by atoms with van der Waals surface area (Å²) in [6.45, 7) is 4.78. The molecule has 1 N–H and O–H groups in total. The van der Waals surface area contributed by atoms with E-state index < -0.39 is 5.97 Å². The zero-order chi connectivity index (χ0) is 13.3. The molecule has 0 bridgehead atoms. The summed E-state index contributed by atoms with van der Waals surface area (Å²) in [4.78, 5) is 10.6. The highest BCUT2D eigenvalue weighted by molar-refractivity contribution is 6.33. The lowest BCUT2D eigenvalue weighted by molar-refractivity contribution is -0.131. The fourth-order valence-electron chi connectivity index (χ4n) is 2.08. The van der Waals surface area contributed by atoms with Crippen molar-refractivity contribution in [3.8, 4) is 0 Å². The lowest BCUT2D eigenvalue weighted by atomic mass is 10.1. The SMILES string of the molecule is CCn1c(Cl)c(/C=C/C(=O)O)c2ccc(C)cc21. The molecule has 0 saturated carbocycles. The molecule has 3 nitrogen and oxygen atoms in total. The summed E-state index contributed by atoms with van der Waals surface area (Å²) in [5.74, 6) is -0.976. The van der Waals surface area contributed by atoms with Crippen molar-refractivity contribution in [1.29, 1.82) is 0 Å². The predicted octanol–water partition coefficient (Wildman–Crippen LogP) is 3.72. The van der Waals surface area contributed by atoms with Gasteiger partial charge in [-0.05, 0) is 31.6 Å². The number of hydrogen-bond acceptors (Lipinski definition) is 1. The molecule has 0 fully saturated rings. The molecule has 0 saturated heterocycles. The number of aryl methyl sites for hydroxylation is 2. The van der Waals surface area contributed by atoms with Crippen LogP contribution in [0.2, 0.25) is 5.15 Å². The molecule has 0 spiro atoms. The topological polar surface area (TPSA) is 42.2 Å². The van der Waals surface area contributed by atoms with E-state index in [0.717, 1.165) is 34.7 Å². The van der Waals surface area contributed by atoms with Crippen molar-refractivity contribution >= 4 is 34.5 Å². The fourth-order valence-corrected chi connectivity index (χ4v) is 2.45. The first-order chi connectivity index (χ1) is 8.54. The standard InChI is InChI=1S/C14H14ClNO2/c1-3-16-12-8-9(2)4-5-10(12)11(14(16)15)6-7-13(17)18/h4-8H,3H2,1-2H3,(H,17,18)/b7-6+. The third-order valence-electron chi connectivity index (χ3n) is 2.90. The fraction of sp³-hybridized carbons (Fsp3) is 0.214. The molecule has 0 aliphatic carbocycles. The van der Waals surface area contributed by atoms with Crippen LogP contribution in [0.25, 0.3) is 17.0 Å². The Hall–Kier alpha value is -1.74. The smallest absolute Gasteiger partial charge is 0.328 e. The molecule has 1 aromatic carbocycles. The van der Waals surface area contributed by atoms with Gasteiger partial charge in [0.2, 0.25) is 0 Å². The van der Waals surface area contributed by atoms with Crippen molar-refractivity contribution in [3.05, 3.63) is 40.6 Å². The Morgan fingerprint density at radius 2 is 2.22 bits per heavy atom. The van der Waals surface area contributed by atoms with Crippen molar-refractivity contribution in [2.24, 2.45) is 0 Å². The Morgan fingerprint density at radius 3 is 2.83 bits per heavy atom. The summed E-state index contributed by atoms with van der Waals surface area (Å²) in [6.07, 6.45) is 2.66. The highest BCUT2D eigenvalue weighted by atomic mass is 35.5. The van der Waals surface area contributed by atoms with Crippen molar-refractivity contribution in [3.63, 3.8) is 0 Å². The Balaban J connectivity index is 2.73. The maximum Gasteiger partial charge on any atom is 0.328 e. The molecule has 18 heavy (non-hydrogen) atoms. The van der Waals surface area contributed by atoms with Crippen LogP contribution >= 0.6 is 11.6 Å². The van der Waals surface area contributed by atoms with Crippen LogP contribution in [0.3, 0.4) is 0 Å². The number of carboxylic acid groups (broad SMARTS) is 1. The van der Waals surface area contributed by atoms with Crippen LogP contribution in [-0.4, -0.2) is 15.6 Å². The quantitative estimate of drug-likeness (QED) is 0.858. The molecular weight excluding hydrogens is 250 g/mol. The van der Waals surface area contributed by atoms with E-state index in [4.69, 9.17) is 16.7 Å². The van der Waals surface area contributed by atoms with Crippen LogP contribution in [0, 0.1) is 6.92 Å². The number of benzene rings is 1. The number of rotatable bonds is 3. The first kappa shape index (κ1) is 12.7. The molecule has 0 amide bonds. The van der Waals surface area contributed by atoms with E-state index in [2.05, 4.69) is 6.07 Å². The second kappa shape index (κ2) is 4.86. The monoisotopic (exact) mass is 263 g/mol. The number of nitrogens with zero attached hydrogens (tertiary/aromatic N) is 1. The van der Waals surface area contributed by atoms with Gasteiger partial charge in [-0.25, -0.2) is 4.79 Å². The Kier molecular flexibility index (Phi) is 3.43. The zero-order valence-corrected chi connectivity index (χ0v) is 11.0. The van der Waals surface area contributed by atoms with Crippen LogP contribution in [0.5, 0.6) is 0 Å². The van der Waals surface area contributed by atoms with Crippen molar-refractivity contribution in [2.75, 3.05) is 0 Å². The minimum atomic E-state index is -0.976. The summed E-state index contributed by atoms with van der Waals surface area (Å²) >= 11 is 6.31. The Bertz CT molecular complexity index is 641. The van der Waals surface area contributed by atoms with E-state index >= 15 is 0 Å². The molecule has 94 valence electrons. The molecule has 0 radical (unpaired) electrons. The lowest BCUT2D eigenvalue weighted by Crippen LogP contribution is -1.93. The highest BCUT2D eigenvalue weighted by Gasteiger charge is 2.12. The normalized spacial score (nSPS) is 11.5. The highest BCUT2D eigenvalue weighted by Crippen LogP contribution is 2.31. The molecule has 0 unspecified atom stereocenters. The third kappa shape index (κ3) is 2.14. The van der Waals surface area contributed by atoms with Crippen LogP contribution < -0.4 is 0 Å².